The molecule has 1 saturated carbocycles. The Morgan fingerprint density at radius 3 is 2.45 bits per heavy atom. The van der Waals surface area contributed by atoms with Gasteiger partial charge < -0.3 is 15.5 Å². The molecule has 0 amide bonds. The fourth-order valence-electron chi connectivity index (χ4n) is 3.34. The number of nitrogens with zero attached hydrogens (tertiary/aromatic N) is 2. The lowest BCUT2D eigenvalue weighted by atomic mass is 10.0. The highest BCUT2D eigenvalue weighted by atomic mass is 127. The average molecular weight is 422 g/mol. The fourth-order valence-corrected chi connectivity index (χ4v) is 3.34. The van der Waals surface area contributed by atoms with Crippen molar-refractivity contribution in [2.75, 3.05) is 26.7 Å². The average Bonchev–Trinajstić information content (AvgIpc) is 3.24. The lowest BCUT2D eigenvalue weighted by Crippen LogP contribution is -2.49. The molecule has 2 atom stereocenters. The summed E-state index contributed by atoms with van der Waals surface area (Å²) in [5.74, 6) is 1.90. The summed E-state index contributed by atoms with van der Waals surface area (Å²) in [6.07, 6.45) is 9.09. The summed E-state index contributed by atoms with van der Waals surface area (Å²) in [6.45, 7) is 8.28. The number of piperidine rings is 1. The maximum absolute atomic E-state index is 4.41. The van der Waals surface area contributed by atoms with Gasteiger partial charge in [0.1, 0.15) is 0 Å². The van der Waals surface area contributed by atoms with Crippen molar-refractivity contribution in [2.24, 2.45) is 10.9 Å². The number of rotatable bonds is 7. The molecule has 0 spiro atoms. The van der Waals surface area contributed by atoms with Crippen molar-refractivity contribution >= 4 is 29.9 Å². The summed E-state index contributed by atoms with van der Waals surface area (Å²) < 4.78 is 0. The maximum Gasteiger partial charge on any atom is 0.191 e. The summed E-state index contributed by atoms with van der Waals surface area (Å²) in [6, 6.07) is 1.26. The fraction of sp³-hybridized carbons (Fsp3) is 0.941. The van der Waals surface area contributed by atoms with E-state index in [4.69, 9.17) is 0 Å². The third-order valence-electron chi connectivity index (χ3n) is 4.88. The normalized spacial score (nSPS) is 26.4. The van der Waals surface area contributed by atoms with Crippen molar-refractivity contribution in [1.29, 1.82) is 0 Å². The summed E-state index contributed by atoms with van der Waals surface area (Å²) in [4.78, 5) is 7.01. The van der Waals surface area contributed by atoms with Gasteiger partial charge in [0.25, 0.3) is 0 Å². The summed E-state index contributed by atoms with van der Waals surface area (Å²) in [7, 11) is 1.89. The van der Waals surface area contributed by atoms with Gasteiger partial charge in [-0.3, -0.25) is 4.99 Å². The molecule has 0 aromatic rings. The van der Waals surface area contributed by atoms with E-state index >= 15 is 0 Å². The van der Waals surface area contributed by atoms with Crippen LogP contribution in [-0.2, 0) is 0 Å². The second-order valence-electron chi connectivity index (χ2n) is 6.72. The minimum atomic E-state index is 0. The van der Waals surface area contributed by atoms with Crippen LogP contribution in [0.1, 0.15) is 58.8 Å². The second kappa shape index (κ2) is 10.7. The molecule has 1 saturated heterocycles. The molecule has 2 N–H and O–H groups in total. The van der Waals surface area contributed by atoms with Crippen molar-refractivity contribution in [1.82, 2.24) is 15.5 Å². The number of hydrogen-bond acceptors (Lipinski definition) is 2. The van der Waals surface area contributed by atoms with Crippen LogP contribution in [-0.4, -0.2) is 49.6 Å². The van der Waals surface area contributed by atoms with Gasteiger partial charge in [-0.15, -0.1) is 24.0 Å². The summed E-state index contributed by atoms with van der Waals surface area (Å²) >= 11 is 0. The van der Waals surface area contributed by atoms with Crippen LogP contribution >= 0.6 is 24.0 Å². The lowest BCUT2D eigenvalue weighted by molar-refractivity contribution is 0.203. The number of guanidine groups is 1. The summed E-state index contributed by atoms with van der Waals surface area (Å²) in [5.41, 5.74) is 0. The molecule has 1 aliphatic heterocycles. The van der Waals surface area contributed by atoms with Crippen LogP contribution in [0.5, 0.6) is 0 Å². The maximum atomic E-state index is 4.41. The Balaban J connectivity index is 0.00000242. The molecule has 1 aliphatic carbocycles. The van der Waals surface area contributed by atoms with Crippen molar-refractivity contribution in [3.05, 3.63) is 0 Å². The Hall–Kier alpha value is -0.0400. The van der Waals surface area contributed by atoms with Crippen LogP contribution < -0.4 is 10.6 Å². The quantitative estimate of drug-likeness (QED) is 0.376. The van der Waals surface area contributed by atoms with Gasteiger partial charge in [-0.25, -0.2) is 0 Å². The molecular weight excluding hydrogens is 387 g/mol. The molecule has 2 fully saturated rings. The van der Waals surface area contributed by atoms with Gasteiger partial charge in [-0.05, 0) is 44.6 Å². The van der Waals surface area contributed by atoms with Gasteiger partial charge in [0.2, 0.25) is 0 Å². The van der Waals surface area contributed by atoms with Gasteiger partial charge in [0.05, 0.1) is 0 Å². The van der Waals surface area contributed by atoms with Crippen molar-refractivity contribution in [2.45, 2.75) is 70.9 Å². The minimum Gasteiger partial charge on any atom is -0.354 e. The first-order valence-electron chi connectivity index (χ1n) is 8.99. The van der Waals surface area contributed by atoms with Gasteiger partial charge in [0.15, 0.2) is 5.96 Å². The van der Waals surface area contributed by atoms with E-state index in [1.54, 1.807) is 0 Å². The molecule has 2 aliphatic rings. The Morgan fingerprint density at radius 2 is 1.86 bits per heavy atom. The third-order valence-corrected chi connectivity index (χ3v) is 4.88. The largest absolute Gasteiger partial charge is 0.354 e. The zero-order valence-electron chi connectivity index (χ0n) is 14.6. The summed E-state index contributed by atoms with van der Waals surface area (Å²) in [5, 5.41) is 7.22. The number of nitrogens with one attached hydrogen (secondary N) is 2. The highest BCUT2D eigenvalue weighted by molar-refractivity contribution is 14.0. The molecule has 2 rings (SSSR count). The first-order valence-corrected chi connectivity index (χ1v) is 8.99. The zero-order chi connectivity index (χ0) is 15.1. The lowest BCUT2D eigenvalue weighted by Gasteiger charge is -2.33. The Labute approximate surface area is 153 Å². The predicted octanol–water partition coefficient (Wildman–Crippen LogP) is 3.22. The standard InChI is InChI=1S/C17H34N4.HI/c1-4-6-10-21-11-8-15(9-12-21)19-17(18-3)20-16-13-14(16)7-5-2;/h14-16H,4-13H2,1-3H3,(H2,18,19,20);1H. The molecular formula is C17H35IN4. The Bertz CT molecular complexity index is 327. The topological polar surface area (TPSA) is 39.7 Å². The van der Waals surface area contributed by atoms with E-state index in [2.05, 4.69) is 34.4 Å². The number of likely N-dealkylation sites (tertiary alicyclic amines) is 1. The van der Waals surface area contributed by atoms with Crippen LogP contribution in [0, 0.1) is 5.92 Å². The number of unbranched alkanes of at least 4 members (excludes halogenated alkanes) is 1. The van der Waals surface area contributed by atoms with Crippen molar-refractivity contribution < 1.29 is 0 Å². The SMILES string of the molecule is CCCCN1CCC(NC(=NC)NC2CC2CCC)CC1.I. The molecule has 0 aromatic heterocycles. The van der Waals surface area contributed by atoms with Crippen LogP contribution in [0.25, 0.3) is 0 Å². The van der Waals surface area contributed by atoms with E-state index in [-0.39, 0.29) is 24.0 Å². The van der Waals surface area contributed by atoms with E-state index in [0.717, 1.165) is 11.9 Å². The first kappa shape index (κ1) is 20.0. The van der Waals surface area contributed by atoms with Gasteiger partial charge in [-0.1, -0.05) is 26.7 Å². The molecule has 0 radical (unpaired) electrons. The molecule has 2 unspecified atom stereocenters. The number of halogens is 1. The highest BCUT2D eigenvalue weighted by Gasteiger charge is 2.36. The van der Waals surface area contributed by atoms with E-state index in [1.165, 1.54) is 64.6 Å². The zero-order valence-corrected chi connectivity index (χ0v) is 16.9. The smallest absolute Gasteiger partial charge is 0.191 e. The Kier molecular flexibility index (Phi) is 9.71. The molecule has 0 bridgehead atoms. The minimum absolute atomic E-state index is 0. The predicted molar refractivity (Wildman–Crippen MR) is 106 cm³/mol. The van der Waals surface area contributed by atoms with Gasteiger partial charge >= 0.3 is 0 Å². The number of hydrogen-bond donors (Lipinski definition) is 2. The highest BCUT2D eigenvalue weighted by Crippen LogP contribution is 2.34. The van der Waals surface area contributed by atoms with Crippen molar-refractivity contribution in [3.63, 3.8) is 0 Å². The third kappa shape index (κ3) is 6.60. The van der Waals surface area contributed by atoms with E-state index < -0.39 is 0 Å². The number of aliphatic imine (C=N–C) groups is 1. The van der Waals surface area contributed by atoms with Crippen LogP contribution in [0.15, 0.2) is 4.99 Å². The van der Waals surface area contributed by atoms with Gasteiger partial charge in [-0.2, -0.15) is 0 Å². The van der Waals surface area contributed by atoms with Gasteiger partial charge in [0, 0.05) is 32.2 Å². The molecule has 5 heteroatoms. The van der Waals surface area contributed by atoms with Crippen LogP contribution in [0.2, 0.25) is 0 Å². The second-order valence-corrected chi connectivity index (χ2v) is 6.72. The van der Waals surface area contributed by atoms with Crippen LogP contribution in [0.3, 0.4) is 0 Å². The first-order chi connectivity index (χ1) is 10.3. The molecule has 130 valence electrons. The monoisotopic (exact) mass is 422 g/mol. The molecule has 1 heterocycles. The van der Waals surface area contributed by atoms with E-state index in [1.807, 2.05) is 7.05 Å². The van der Waals surface area contributed by atoms with Crippen LogP contribution in [0.4, 0.5) is 0 Å². The molecule has 22 heavy (non-hydrogen) atoms. The molecule has 0 aromatic carbocycles. The van der Waals surface area contributed by atoms with E-state index in [9.17, 15) is 0 Å². The van der Waals surface area contributed by atoms with E-state index in [0.29, 0.717) is 12.1 Å². The van der Waals surface area contributed by atoms with Crippen molar-refractivity contribution in [3.8, 4) is 0 Å². The Morgan fingerprint density at radius 1 is 1.14 bits per heavy atom. The molecule has 4 nitrogen and oxygen atoms in total.